The fraction of sp³-hybridized carbons (Fsp3) is 0.571. The van der Waals surface area contributed by atoms with Crippen LogP contribution in [-0.4, -0.2) is 24.5 Å². The molecule has 2 nitrogen and oxygen atoms in total. The van der Waals surface area contributed by atoms with Gasteiger partial charge in [0.2, 0.25) is 0 Å². The van der Waals surface area contributed by atoms with Gasteiger partial charge in [-0.25, -0.2) is 4.39 Å². The van der Waals surface area contributed by atoms with Crippen LogP contribution in [0.5, 0.6) is 0 Å². The molecule has 4 heteroatoms. The van der Waals surface area contributed by atoms with E-state index in [2.05, 4.69) is 20.8 Å². The van der Waals surface area contributed by atoms with E-state index >= 15 is 0 Å². The topological polar surface area (TPSA) is 29.3 Å². The van der Waals surface area contributed by atoms with E-state index in [4.69, 9.17) is 5.73 Å². The molecule has 1 fully saturated rings. The first-order valence-electron chi connectivity index (χ1n) is 6.55. The Balaban J connectivity index is 1.85. The summed E-state index contributed by atoms with van der Waals surface area (Å²) < 4.78 is 14.0. The Labute approximate surface area is 116 Å². The number of rotatable bonds is 4. The zero-order valence-corrected chi connectivity index (χ0v) is 12.1. The fourth-order valence-corrected chi connectivity index (χ4v) is 2.81. The van der Waals surface area contributed by atoms with Crippen LogP contribution in [0.2, 0.25) is 0 Å². The molecule has 1 aliphatic heterocycles. The van der Waals surface area contributed by atoms with Gasteiger partial charge in [0.15, 0.2) is 0 Å². The van der Waals surface area contributed by atoms with Crippen LogP contribution in [0.15, 0.2) is 22.7 Å². The normalized spacial score (nSPS) is 18.2. The van der Waals surface area contributed by atoms with Crippen molar-refractivity contribution in [2.24, 2.45) is 11.7 Å². The summed E-state index contributed by atoms with van der Waals surface area (Å²) in [5.74, 6) is 0.610. The van der Waals surface area contributed by atoms with E-state index in [-0.39, 0.29) is 5.82 Å². The molecule has 0 aliphatic carbocycles. The van der Waals surface area contributed by atoms with Gasteiger partial charge in [-0.3, -0.25) is 4.90 Å². The molecule has 1 aromatic rings. The number of nitrogens with zero attached hydrogens (tertiary/aromatic N) is 1. The Morgan fingerprint density at radius 2 is 2.06 bits per heavy atom. The number of halogens is 2. The highest BCUT2D eigenvalue weighted by Crippen LogP contribution is 2.22. The summed E-state index contributed by atoms with van der Waals surface area (Å²) in [7, 11) is 0. The van der Waals surface area contributed by atoms with Crippen molar-refractivity contribution in [2.75, 3.05) is 19.6 Å². The van der Waals surface area contributed by atoms with Gasteiger partial charge >= 0.3 is 0 Å². The van der Waals surface area contributed by atoms with Crippen molar-refractivity contribution in [1.29, 1.82) is 0 Å². The Morgan fingerprint density at radius 1 is 1.33 bits per heavy atom. The predicted octanol–water partition coefficient (Wildman–Crippen LogP) is 3.15. The number of benzene rings is 1. The first kappa shape index (κ1) is 14.0. The lowest BCUT2D eigenvalue weighted by atomic mass is 9.93. The maximum Gasteiger partial charge on any atom is 0.137 e. The second kappa shape index (κ2) is 6.64. The Morgan fingerprint density at radius 3 is 2.67 bits per heavy atom. The van der Waals surface area contributed by atoms with Gasteiger partial charge in [-0.15, -0.1) is 0 Å². The van der Waals surface area contributed by atoms with Gasteiger partial charge in [-0.1, -0.05) is 6.07 Å². The quantitative estimate of drug-likeness (QED) is 0.925. The Kier molecular flexibility index (Phi) is 5.15. The van der Waals surface area contributed by atoms with E-state index in [9.17, 15) is 4.39 Å². The van der Waals surface area contributed by atoms with Crippen LogP contribution >= 0.6 is 15.9 Å². The van der Waals surface area contributed by atoms with Gasteiger partial charge in [-0.2, -0.15) is 0 Å². The number of likely N-dealkylation sites (tertiary alicyclic amines) is 1. The number of nitrogens with two attached hydrogens (primary N) is 1. The summed E-state index contributed by atoms with van der Waals surface area (Å²) >= 11 is 3.18. The van der Waals surface area contributed by atoms with Crippen LogP contribution in [0.1, 0.15) is 24.8 Å². The average molecular weight is 315 g/mol. The largest absolute Gasteiger partial charge is 0.330 e. The van der Waals surface area contributed by atoms with Crippen LogP contribution in [0.25, 0.3) is 0 Å². The monoisotopic (exact) mass is 314 g/mol. The number of hydrogen-bond acceptors (Lipinski definition) is 2. The van der Waals surface area contributed by atoms with Crippen molar-refractivity contribution in [1.82, 2.24) is 4.90 Å². The van der Waals surface area contributed by atoms with E-state index in [0.29, 0.717) is 4.47 Å². The third kappa shape index (κ3) is 3.77. The minimum absolute atomic E-state index is 0.175. The van der Waals surface area contributed by atoms with Crippen molar-refractivity contribution in [3.05, 3.63) is 34.1 Å². The van der Waals surface area contributed by atoms with Crippen LogP contribution < -0.4 is 5.73 Å². The summed E-state index contributed by atoms with van der Waals surface area (Å²) in [4.78, 5) is 2.40. The average Bonchev–Trinajstić information content (AvgIpc) is 2.37. The number of hydrogen-bond donors (Lipinski definition) is 1. The molecule has 1 aromatic carbocycles. The number of piperidine rings is 1. The van der Waals surface area contributed by atoms with Gasteiger partial charge in [0.25, 0.3) is 0 Å². The summed E-state index contributed by atoms with van der Waals surface area (Å²) in [5, 5.41) is 0. The van der Waals surface area contributed by atoms with Crippen molar-refractivity contribution in [2.45, 2.75) is 25.8 Å². The molecule has 2 rings (SSSR count). The molecule has 2 N–H and O–H groups in total. The maximum absolute atomic E-state index is 13.4. The highest BCUT2D eigenvalue weighted by atomic mass is 79.9. The molecule has 0 radical (unpaired) electrons. The third-order valence-corrected chi connectivity index (χ3v) is 4.32. The molecule has 0 bridgehead atoms. The zero-order valence-electron chi connectivity index (χ0n) is 10.5. The molecule has 1 heterocycles. The molecule has 18 heavy (non-hydrogen) atoms. The maximum atomic E-state index is 13.4. The first-order valence-corrected chi connectivity index (χ1v) is 7.34. The Bertz CT molecular complexity index is 389. The molecule has 0 saturated carbocycles. The highest BCUT2D eigenvalue weighted by molar-refractivity contribution is 9.10. The second-order valence-corrected chi connectivity index (χ2v) is 5.90. The van der Waals surface area contributed by atoms with E-state index in [1.807, 2.05) is 6.07 Å². The zero-order chi connectivity index (χ0) is 13.0. The standard InChI is InChI=1S/C14H20BrFN2/c15-13-2-1-12(9-14(13)16)10-18-7-4-11(3-6-17)5-8-18/h1-2,9,11H,3-8,10,17H2. The lowest BCUT2D eigenvalue weighted by molar-refractivity contribution is 0.173. The molecular weight excluding hydrogens is 295 g/mol. The van der Waals surface area contributed by atoms with Gasteiger partial charge in [0.05, 0.1) is 4.47 Å². The van der Waals surface area contributed by atoms with E-state index < -0.39 is 0 Å². The van der Waals surface area contributed by atoms with Crippen LogP contribution in [-0.2, 0) is 6.54 Å². The molecule has 100 valence electrons. The van der Waals surface area contributed by atoms with Crippen molar-refractivity contribution in [3.8, 4) is 0 Å². The molecule has 0 amide bonds. The van der Waals surface area contributed by atoms with E-state index in [1.54, 1.807) is 12.1 Å². The molecule has 0 aromatic heterocycles. The minimum Gasteiger partial charge on any atom is -0.330 e. The van der Waals surface area contributed by atoms with Crippen molar-refractivity contribution in [3.63, 3.8) is 0 Å². The highest BCUT2D eigenvalue weighted by Gasteiger charge is 2.18. The van der Waals surface area contributed by atoms with E-state index in [0.717, 1.165) is 44.1 Å². The van der Waals surface area contributed by atoms with Gasteiger partial charge in [0.1, 0.15) is 5.82 Å². The fourth-order valence-electron chi connectivity index (χ4n) is 2.57. The van der Waals surface area contributed by atoms with Gasteiger partial charge < -0.3 is 5.73 Å². The lowest BCUT2D eigenvalue weighted by Gasteiger charge is -2.31. The molecular formula is C14H20BrFN2. The SMILES string of the molecule is NCCC1CCN(Cc2ccc(Br)c(F)c2)CC1. The molecule has 0 spiro atoms. The van der Waals surface area contributed by atoms with Crippen molar-refractivity contribution >= 4 is 15.9 Å². The molecule has 0 atom stereocenters. The summed E-state index contributed by atoms with van der Waals surface area (Å²) in [6.07, 6.45) is 3.58. The summed E-state index contributed by atoms with van der Waals surface area (Å²) in [6, 6.07) is 5.39. The summed E-state index contributed by atoms with van der Waals surface area (Å²) in [5.41, 5.74) is 6.64. The van der Waals surface area contributed by atoms with Crippen molar-refractivity contribution < 1.29 is 4.39 Å². The molecule has 1 aliphatic rings. The molecule has 1 saturated heterocycles. The molecule has 0 unspecified atom stereocenters. The summed E-state index contributed by atoms with van der Waals surface area (Å²) in [6.45, 7) is 3.84. The Hall–Kier alpha value is -0.450. The van der Waals surface area contributed by atoms with Gasteiger partial charge in [0, 0.05) is 6.54 Å². The lowest BCUT2D eigenvalue weighted by Crippen LogP contribution is -2.33. The van der Waals surface area contributed by atoms with Crippen LogP contribution in [0.3, 0.4) is 0 Å². The second-order valence-electron chi connectivity index (χ2n) is 5.05. The van der Waals surface area contributed by atoms with Crippen LogP contribution in [0, 0.1) is 11.7 Å². The third-order valence-electron chi connectivity index (χ3n) is 3.67. The van der Waals surface area contributed by atoms with Gasteiger partial charge in [-0.05, 0) is 78.4 Å². The first-order chi connectivity index (χ1) is 8.69. The predicted molar refractivity (Wildman–Crippen MR) is 75.8 cm³/mol. The smallest absolute Gasteiger partial charge is 0.137 e. The van der Waals surface area contributed by atoms with E-state index in [1.165, 1.54) is 12.8 Å². The minimum atomic E-state index is -0.175. The van der Waals surface area contributed by atoms with Crippen LogP contribution in [0.4, 0.5) is 4.39 Å².